The summed E-state index contributed by atoms with van der Waals surface area (Å²) >= 11 is 0. The van der Waals surface area contributed by atoms with E-state index in [0.717, 1.165) is 0 Å². The van der Waals surface area contributed by atoms with Crippen LogP contribution in [-0.4, -0.2) is 16.9 Å². The van der Waals surface area contributed by atoms with Gasteiger partial charge in [0.1, 0.15) is 59.2 Å². The number of nitrogens with zero attached hydrogens (tertiary/aromatic N) is 5. The molecule has 6 nitrogen and oxygen atoms in total. The standard InChI is InChI=1S/C24BF20.C13H12N5O/c26-5-1(6(27)14(35)21(42)13(5)34)25(2-7(28)15(36)22(43)16(37)8(2)29,3-9(30)17(38)23(44)18(39)10(3)31)4-11(32)19(40)24(45)20(41)12(4)33;14-17-16-9-12-8-15-6-7-18(12)10-13(19)11-4-2-1-3-5-11/h;1-8H,9-10H2/q-1;+1. The van der Waals surface area contributed by atoms with Crippen molar-refractivity contribution in [1.82, 2.24) is 4.98 Å². The van der Waals surface area contributed by atoms with E-state index in [0.29, 0.717) is 11.3 Å². The molecule has 0 N–H and O–H groups in total. The average Bonchev–Trinajstić information content (AvgIpc) is 3.29. The van der Waals surface area contributed by atoms with Gasteiger partial charge in [-0.3, -0.25) is 9.78 Å². The maximum Gasteiger partial charge on any atom is 0.227 e. The van der Waals surface area contributed by atoms with Crippen molar-refractivity contribution in [3.8, 4) is 0 Å². The minimum atomic E-state index is -7.22. The van der Waals surface area contributed by atoms with E-state index in [1.54, 1.807) is 35.3 Å². The normalized spacial score (nSPS) is 11.3. The number of hydrogen-bond acceptors (Lipinski definition) is 3. The zero-order chi connectivity index (χ0) is 47.9. The SMILES string of the molecule is Fc1c(F)c(F)c([B-](c2c(F)c(F)c(F)c(F)c2F)(c2c(F)c(F)c(F)c(F)c2F)c2c(F)c(F)c(F)c(F)c2F)c(F)c1F.[N-]=[N+]=NCc1cncc[n+]1CC(=O)c1ccccc1. The maximum atomic E-state index is 15.4. The van der Waals surface area contributed by atoms with Gasteiger partial charge < -0.3 is 0 Å². The number of carbonyl (C=O) groups is 1. The Bertz CT molecular complexity index is 2550. The van der Waals surface area contributed by atoms with Gasteiger partial charge >= 0.3 is 0 Å². The lowest BCUT2D eigenvalue weighted by molar-refractivity contribution is -0.691. The highest BCUT2D eigenvalue weighted by molar-refractivity contribution is 7.20. The molecule has 0 radical (unpaired) electrons. The topological polar surface area (TPSA) is 82.6 Å². The molecule has 6 aromatic rings. The third-order valence-corrected chi connectivity index (χ3v) is 9.34. The molecule has 0 atom stereocenters. The summed E-state index contributed by atoms with van der Waals surface area (Å²) in [6, 6.07) is 9.06. The summed E-state index contributed by atoms with van der Waals surface area (Å²) in [5, 5.41) is 3.49. The van der Waals surface area contributed by atoms with Gasteiger partial charge in [-0.25, -0.2) is 87.8 Å². The predicted molar refractivity (Wildman–Crippen MR) is 177 cm³/mol. The van der Waals surface area contributed by atoms with Crippen LogP contribution >= 0.6 is 0 Å². The molecule has 0 saturated carbocycles. The molecule has 27 heteroatoms. The molecule has 1 heterocycles. The number of halogens is 20. The van der Waals surface area contributed by atoms with Gasteiger partial charge in [0.15, 0.2) is 76.0 Å². The van der Waals surface area contributed by atoms with Crippen molar-refractivity contribution in [2.75, 3.05) is 0 Å². The van der Waals surface area contributed by atoms with E-state index in [1.165, 1.54) is 0 Å². The molecule has 0 fully saturated rings. The van der Waals surface area contributed by atoms with E-state index in [1.807, 2.05) is 18.2 Å². The van der Waals surface area contributed by atoms with Crippen LogP contribution in [0.25, 0.3) is 10.4 Å². The van der Waals surface area contributed by atoms with Crippen molar-refractivity contribution in [3.05, 3.63) is 187 Å². The van der Waals surface area contributed by atoms with Crippen molar-refractivity contribution in [2.24, 2.45) is 5.11 Å². The first-order valence-corrected chi connectivity index (χ1v) is 16.7. The molecule has 5 aromatic carbocycles. The van der Waals surface area contributed by atoms with Crippen molar-refractivity contribution in [3.63, 3.8) is 0 Å². The van der Waals surface area contributed by atoms with Crippen LogP contribution in [0.3, 0.4) is 0 Å². The first kappa shape index (κ1) is 47.9. The molecule has 1 aromatic heterocycles. The Morgan fingerprint density at radius 2 is 0.797 bits per heavy atom. The number of azide groups is 1. The molecule has 64 heavy (non-hydrogen) atoms. The third-order valence-electron chi connectivity index (χ3n) is 9.34. The highest BCUT2D eigenvalue weighted by Gasteiger charge is 2.52. The van der Waals surface area contributed by atoms with Gasteiger partial charge in [0.05, 0.1) is 12.4 Å². The van der Waals surface area contributed by atoms with Crippen LogP contribution < -0.4 is 26.4 Å². The molecule has 0 aliphatic rings. The first-order valence-electron chi connectivity index (χ1n) is 16.7. The molecule has 0 saturated heterocycles. The quantitative estimate of drug-likeness (QED) is 0.0170. The molecule has 0 aliphatic carbocycles. The summed E-state index contributed by atoms with van der Waals surface area (Å²) in [7, 11) is 0. The average molecular weight is 933 g/mol. The predicted octanol–water partition coefficient (Wildman–Crippen LogP) is 7.91. The van der Waals surface area contributed by atoms with Gasteiger partial charge in [-0.2, -0.15) is 4.57 Å². The second kappa shape index (κ2) is 18.3. The summed E-state index contributed by atoms with van der Waals surface area (Å²) < 4.78 is 296. The Balaban J connectivity index is 0.000000337. The number of carbonyl (C=O) groups excluding carboxylic acids is 1. The van der Waals surface area contributed by atoms with Gasteiger partial charge in [-0.05, 0) is 5.53 Å². The number of aromatic nitrogens is 2. The van der Waals surface area contributed by atoms with E-state index in [9.17, 15) is 57.5 Å². The smallest absolute Gasteiger partial charge is 0.227 e. The lowest BCUT2D eigenvalue weighted by atomic mass is 9.12. The van der Waals surface area contributed by atoms with E-state index in [-0.39, 0.29) is 18.9 Å². The van der Waals surface area contributed by atoms with Crippen molar-refractivity contribution >= 4 is 33.8 Å². The summed E-state index contributed by atoms with van der Waals surface area (Å²) in [4.78, 5) is 18.8. The number of ketones is 1. The fourth-order valence-electron chi connectivity index (χ4n) is 6.55. The zero-order valence-corrected chi connectivity index (χ0v) is 30.3. The largest absolute Gasteiger partial charge is 0.287 e. The Hall–Kier alpha value is -7.18. The van der Waals surface area contributed by atoms with Crippen LogP contribution in [0.2, 0.25) is 0 Å². The molecular weight excluding hydrogens is 921 g/mol. The van der Waals surface area contributed by atoms with Crippen LogP contribution in [0.4, 0.5) is 87.8 Å². The van der Waals surface area contributed by atoms with E-state index < -0.39 is 144 Å². The zero-order valence-electron chi connectivity index (χ0n) is 30.3. The molecule has 6 rings (SSSR count). The van der Waals surface area contributed by atoms with Gasteiger partial charge in [0.2, 0.25) is 18.0 Å². The molecule has 0 unspecified atom stereocenters. The summed E-state index contributed by atoms with van der Waals surface area (Å²) in [5.41, 5.74) is -4.64. The maximum absolute atomic E-state index is 15.4. The van der Waals surface area contributed by atoms with Crippen molar-refractivity contribution in [2.45, 2.75) is 13.1 Å². The fraction of sp³-hybridized carbons (Fsp3) is 0.0541. The summed E-state index contributed by atoms with van der Waals surface area (Å²) in [6.07, 6.45) is -2.33. The molecule has 334 valence electrons. The van der Waals surface area contributed by atoms with Crippen LogP contribution in [0.1, 0.15) is 16.1 Å². The second-order valence-corrected chi connectivity index (χ2v) is 12.7. The number of Topliss-reactive ketones (excluding diaryl/α,β-unsaturated/α-hetero) is 1. The fourth-order valence-corrected chi connectivity index (χ4v) is 6.55. The highest BCUT2D eigenvalue weighted by atomic mass is 19.2. The van der Waals surface area contributed by atoms with E-state index in [2.05, 4.69) is 15.0 Å². The lowest BCUT2D eigenvalue weighted by Gasteiger charge is -2.44. The summed E-state index contributed by atoms with van der Waals surface area (Å²) in [5.74, 6) is -71.4. The monoisotopic (exact) mass is 933 g/mol. The van der Waals surface area contributed by atoms with E-state index in [4.69, 9.17) is 5.53 Å². The molecule has 0 aliphatic heterocycles. The molecule has 0 bridgehead atoms. The van der Waals surface area contributed by atoms with Crippen molar-refractivity contribution in [1.29, 1.82) is 0 Å². The molecule has 0 spiro atoms. The van der Waals surface area contributed by atoms with Gasteiger partial charge in [0.25, 0.3) is 0 Å². The first-order chi connectivity index (χ1) is 30.0. The van der Waals surface area contributed by atoms with Crippen LogP contribution in [0, 0.1) is 116 Å². The lowest BCUT2D eigenvalue weighted by Crippen LogP contribution is -2.81. The van der Waals surface area contributed by atoms with Gasteiger partial charge in [0, 0.05) is 10.5 Å². The molecular formula is C37H12BF20N5O. The Morgan fingerprint density at radius 1 is 0.500 bits per heavy atom. The number of benzene rings is 5. The van der Waals surface area contributed by atoms with Crippen LogP contribution in [0.15, 0.2) is 54.0 Å². The highest BCUT2D eigenvalue weighted by Crippen LogP contribution is 2.30. The van der Waals surface area contributed by atoms with Gasteiger partial charge in [-0.1, -0.05) is 35.4 Å². The van der Waals surface area contributed by atoms with Crippen LogP contribution in [-0.2, 0) is 13.1 Å². The third kappa shape index (κ3) is 7.68. The Morgan fingerprint density at radius 3 is 1.09 bits per heavy atom. The van der Waals surface area contributed by atoms with Crippen molar-refractivity contribution < 1.29 is 97.2 Å². The number of hydrogen-bond donors (Lipinski definition) is 0. The van der Waals surface area contributed by atoms with E-state index >= 15 is 35.1 Å². The summed E-state index contributed by atoms with van der Waals surface area (Å²) in [6.45, 7) is 0.370. The Kier molecular flexibility index (Phi) is 13.7. The minimum Gasteiger partial charge on any atom is -0.287 e. The minimum absolute atomic E-state index is 0.000938. The number of rotatable bonds is 9. The van der Waals surface area contributed by atoms with Gasteiger partial charge in [-0.15, -0.1) is 21.9 Å². The Labute approximate surface area is 341 Å². The second-order valence-electron chi connectivity index (χ2n) is 12.7. The van der Waals surface area contributed by atoms with Crippen LogP contribution in [0.5, 0.6) is 0 Å². The molecule has 0 amide bonds.